The fraction of sp³-hybridized carbons (Fsp3) is 0.292. The number of benzene rings is 1. The van der Waals surface area contributed by atoms with Crippen LogP contribution in [0.4, 0.5) is 17.2 Å². The van der Waals surface area contributed by atoms with E-state index in [-0.39, 0.29) is 42.0 Å². The zero-order chi connectivity index (χ0) is 29.7. The molecule has 6 N–H and O–H groups in total. The van der Waals surface area contributed by atoms with Crippen molar-refractivity contribution >= 4 is 75.7 Å². The lowest BCUT2D eigenvalue weighted by Gasteiger charge is -2.23. The highest BCUT2D eigenvalue weighted by atomic mass is 32.1. The fourth-order valence-corrected chi connectivity index (χ4v) is 4.46. The number of hydrogen-bond acceptors (Lipinski definition) is 10. The summed E-state index contributed by atoms with van der Waals surface area (Å²) in [6.45, 7) is 0.0999. The number of ether oxygens (including phenoxy) is 1. The van der Waals surface area contributed by atoms with E-state index < -0.39 is 23.0 Å². The molecular weight excluding hydrogens is 545 g/mol. The maximum atomic E-state index is 12.9. The summed E-state index contributed by atoms with van der Waals surface area (Å²) in [5.74, 6) is -1.60. The van der Waals surface area contributed by atoms with Gasteiger partial charge in [-0.2, -0.15) is 0 Å². The van der Waals surface area contributed by atoms with Gasteiger partial charge in [0.25, 0.3) is 11.8 Å². The zero-order valence-electron chi connectivity index (χ0n) is 21.9. The summed E-state index contributed by atoms with van der Waals surface area (Å²) in [5, 5.41) is 16.9. The number of amides is 4. The molecule has 2 heterocycles. The van der Waals surface area contributed by atoms with Crippen molar-refractivity contribution in [2.75, 3.05) is 24.3 Å². The molecule has 0 aliphatic heterocycles. The van der Waals surface area contributed by atoms with Crippen molar-refractivity contribution in [1.82, 2.24) is 25.8 Å². The van der Waals surface area contributed by atoms with Crippen molar-refractivity contribution in [1.29, 1.82) is 0 Å². The molecule has 3 aromatic rings. The summed E-state index contributed by atoms with van der Waals surface area (Å²) in [6.07, 6.45) is 2.99. The summed E-state index contributed by atoms with van der Waals surface area (Å²) in [4.78, 5) is 53.2. The molecule has 4 rings (SSSR count). The summed E-state index contributed by atoms with van der Waals surface area (Å²) >= 11 is 1.11. The SMILES string of the molecule is [B]C([B])([B])NC(=O)c1nnc(NC(=O)C2CC2)cc1Nc1cccc(-c2ncc(C(=O)NCCC(N)=O)s2)c1OC. The lowest BCUT2D eigenvalue weighted by atomic mass is 9.49. The van der Waals surface area contributed by atoms with E-state index in [4.69, 9.17) is 34.0 Å². The van der Waals surface area contributed by atoms with Crippen LogP contribution in [0.3, 0.4) is 0 Å². The third-order valence-corrected chi connectivity index (χ3v) is 6.67. The summed E-state index contributed by atoms with van der Waals surface area (Å²) in [5.41, 5.74) is 5.97. The van der Waals surface area contributed by atoms with Gasteiger partial charge in [-0.3, -0.25) is 19.2 Å². The first-order chi connectivity index (χ1) is 19.4. The number of thiazole rings is 1. The molecule has 1 aliphatic carbocycles. The van der Waals surface area contributed by atoms with E-state index in [1.165, 1.54) is 19.4 Å². The van der Waals surface area contributed by atoms with Gasteiger partial charge in [-0.25, -0.2) is 4.98 Å². The second-order valence-corrected chi connectivity index (χ2v) is 10.2. The standard InChI is InChI=1S/C24H23B3N8O5S/c1-40-19-12(23-30-10-15(41-23)21(38)29-8-7-16(28)36)3-2-4-13(19)31-14-9-17(32-20(37)11-5-6-11)34-35-18(14)22(39)33-24(25,26)27/h2-4,9-11H,5-8H2,1H3,(H2,28,36)(H,29,38)(H,33,39)(H2,31,32,34,37). The molecule has 204 valence electrons. The normalized spacial score (nSPS) is 12.7. The minimum atomic E-state index is -2.03. The van der Waals surface area contributed by atoms with Gasteiger partial charge in [0.2, 0.25) is 11.8 Å². The average Bonchev–Trinajstić information content (AvgIpc) is 3.64. The number of nitrogens with two attached hydrogens (primary N) is 1. The van der Waals surface area contributed by atoms with Gasteiger partial charge < -0.3 is 31.7 Å². The van der Waals surface area contributed by atoms with Crippen LogP contribution in [0.25, 0.3) is 10.6 Å². The van der Waals surface area contributed by atoms with Gasteiger partial charge in [0.1, 0.15) is 9.88 Å². The van der Waals surface area contributed by atoms with Crippen LogP contribution in [0.5, 0.6) is 5.75 Å². The summed E-state index contributed by atoms with van der Waals surface area (Å²) in [7, 11) is 18.0. The minimum absolute atomic E-state index is 0.0115. The van der Waals surface area contributed by atoms with E-state index in [0.717, 1.165) is 24.2 Å². The van der Waals surface area contributed by atoms with E-state index in [1.807, 2.05) is 0 Å². The first-order valence-electron chi connectivity index (χ1n) is 12.3. The Morgan fingerprint density at radius 3 is 2.54 bits per heavy atom. The van der Waals surface area contributed by atoms with Gasteiger partial charge in [-0.15, -0.1) is 21.5 Å². The Morgan fingerprint density at radius 2 is 1.88 bits per heavy atom. The van der Waals surface area contributed by atoms with Gasteiger partial charge in [0, 0.05) is 24.9 Å². The molecule has 0 unspecified atom stereocenters. The Labute approximate surface area is 243 Å². The molecule has 6 radical (unpaired) electrons. The highest BCUT2D eigenvalue weighted by Gasteiger charge is 2.30. The first kappa shape index (κ1) is 29.6. The van der Waals surface area contributed by atoms with Crippen LogP contribution in [0.15, 0.2) is 30.5 Å². The predicted molar refractivity (Wildman–Crippen MR) is 154 cm³/mol. The van der Waals surface area contributed by atoms with E-state index >= 15 is 0 Å². The molecule has 1 saturated carbocycles. The van der Waals surface area contributed by atoms with Crippen LogP contribution >= 0.6 is 11.3 Å². The lowest BCUT2D eigenvalue weighted by Crippen LogP contribution is -2.50. The van der Waals surface area contributed by atoms with Crippen LogP contribution < -0.4 is 31.7 Å². The molecule has 0 saturated heterocycles. The van der Waals surface area contributed by atoms with Crippen LogP contribution in [-0.4, -0.2) is 81.2 Å². The van der Waals surface area contributed by atoms with E-state index in [1.54, 1.807) is 18.2 Å². The minimum Gasteiger partial charge on any atom is -0.494 e. The van der Waals surface area contributed by atoms with E-state index in [0.29, 0.717) is 26.9 Å². The topological polar surface area (TPSA) is 190 Å². The number of aromatic nitrogens is 3. The van der Waals surface area contributed by atoms with Gasteiger partial charge >= 0.3 is 0 Å². The van der Waals surface area contributed by atoms with Gasteiger partial charge in [-0.1, -0.05) is 11.3 Å². The van der Waals surface area contributed by atoms with Crippen molar-refractivity contribution in [3.05, 3.63) is 41.0 Å². The molecule has 13 nitrogen and oxygen atoms in total. The van der Waals surface area contributed by atoms with Gasteiger partial charge in [0.15, 0.2) is 17.3 Å². The second kappa shape index (κ2) is 12.4. The maximum absolute atomic E-state index is 12.9. The van der Waals surface area contributed by atoms with Gasteiger partial charge in [-0.05, 0) is 25.0 Å². The lowest BCUT2D eigenvalue weighted by molar-refractivity contribution is -0.118. The predicted octanol–water partition coefficient (Wildman–Crippen LogP) is 0.153. The molecule has 41 heavy (non-hydrogen) atoms. The molecule has 0 spiro atoms. The molecule has 2 aromatic heterocycles. The Kier molecular flexibility index (Phi) is 8.96. The van der Waals surface area contributed by atoms with Crippen LogP contribution in [0.2, 0.25) is 0 Å². The summed E-state index contributed by atoms with van der Waals surface area (Å²) in [6, 6.07) is 6.56. The fourth-order valence-electron chi connectivity index (χ4n) is 3.60. The average molecular weight is 568 g/mol. The Hall–Kier alpha value is -4.40. The number of carbonyl (C=O) groups excluding carboxylic acids is 4. The largest absolute Gasteiger partial charge is 0.494 e. The zero-order valence-corrected chi connectivity index (χ0v) is 22.7. The van der Waals surface area contributed by atoms with E-state index in [2.05, 4.69) is 36.4 Å². The Morgan fingerprint density at radius 1 is 1.12 bits per heavy atom. The monoisotopic (exact) mass is 568 g/mol. The summed E-state index contributed by atoms with van der Waals surface area (Å²) < 4.78 is 5.67. The number of primary amides is 1. The van der Waals surface area contributed by atoms with Crippen molar-refractivity contribution in [2.45, 2.75) is 24.5 Å². The molecule has 0 bridgehead atoms. The van der Waals surface area contributed by atoms with Crippen molar-refractivity contribution in [3.63, 3.8) is 0 Å². The van der Waals surface area contributed by atoms with Gasteiger partial charge in [0.05, 0.1) is 53.8 Å². The molecule has 1 aliphatic rings. The number of nitrogens with one attached hydrogen (secondary N) is 4. The third kappa shape index (κ3) is 7.84. The number of nitrogens with zero attached hydrogens (tertiary/aromatic N) is 3. The molecule has 1 aromatic carbocycles. The smallest absolute Gasteiger partial charge is 0.272 e. The van der Waals surface area contributed by atoms with Crippen molar-refractivity contribution in [2.24, 2.45) is 11.7 Å². The molecular formula is C24H23B3N8O5S. The molecule has 1 fully saturated rings. The van der Waals surface area contributed by atoms with Crippen LogP contribution in [0, 0.1) is 5.92 Å². The number of methoxy groups -OCH3 is 1. The van der Waals surface area contributed by atoms with Crippen molar-refractivity contribution in [3.8, 4) is 16.3 Å². The Bertz CT molecular complexity index is 1490. The highest BCUT2D eigenvalue weighted by Crippen LogP contribution is 2.40. The number of hydrogen-bond donors (Lipinski definition) is 5. The van der Waals surface area contributed by atoms with Crippen LogP contribution in [-0.2, 0) is 9.59 Å². The second-order valence-electron chi connectivity index (χ2n) is 9.16. The van der Waals surface area contributed by atoms with Crippen molar-refractivity contribution < 1.29 is 23.9 Å². The molecule has 0 atom stereocenters. The quantitative estimate of drug-likeness (QED) is 0.190. The number of rotatable bonds is 12. The Balaban J connectivity index is 1.64. The van der Waals surface area contributed by atoms with E-state index in [9.17, 15) is 19.2 Å². The molecule has 4 amide bonds. The number of para-hydroxylation sites is 1. The molecule has 17 heteroatoms. The highest BCUT2D eigenvalue weighted by molar-refractivity contribution is 7.17. The third-order valence-electron chi connectivity index (χ3n) is 5.64. The van der Waals surface area contributed by atoms with Crippen LogP contribution in [0.1, 0.15) is 39.4 Å². The number of carbonyl (C=O) groups is 4. The number of anilines is 3. The first-order valence-corrected chi connectivity index (χ1v) is 13.1. The maximum Gasteiger partial charge on any atom is 0.272 e.